The first-order chi connectivity index (χ1) is 17.4. The number of methoxy groups -OCH3 is 1. The van der Waals surface area contributed by atoms with Crippen LogP contribution >= 0.6 is 0 Å². The van der Waals surface area contributed by atoms with Gasteiger partial charge in [0.15, 0.2) is 0 Å². The minimum Gasteiger partial charge on any atom is -0.507 e. The molecule has 0 aromatic heterocycles. The van der Waals surface area contributed by atoms with Gasteiger partial charge in [-0.2, -0.15) is 5.26 Å². The fourth-order valence-corrected chi connectivity index (χ4v) is 4.25. The van der Waals surface area contributed by atoms with E-state index in [1.165, 1.54) is 12.0 Å². The molecule has 0 saturated carbocycles. The highest BCUT2D eigenvalue weighted by Crippen LogP contribution is 2.43. The van der Waals surface area contributed by atoms with Crippen LogP contribution in [0.1, 0.15) is 41.6 Å². The first kappa shape index (κ1) is 24.6. The van der Waals surface area contributed by atoms with Gasteiger partial charge in [-0.05, 0) is 79.1 Å². The molecule has 1 N–H and O–H groups in total. The number of aryl methyl sites for hydroxylation is 1. The molecule has 3 aromatic carbocycles. The lowest BCUT2D eigenvalue weighted by atomic mass is 9.94. The van der Waals surface area contributed by atoms with E-state index in [9.17, 15) is 14.7 Å². The predicted octanol–water partition coefficient (Wildman–Crippen LogP) is 5.29. The monoisotopic (exact) mass is 482 g/mol. The van der Waals surface area contributed by atoms with Crippen molar-refractivity contribution in [3.63, 3.8) is 0 Å². The quantitative estimate of drug-likeness (QED) is 0.279. The standard InChI is InChI=1S/C29H26N2O5/c1-4-14-36-24-13-10-21(15-18(24)2)27(32)25-26(20-6-5-7-23(16-20)35-3)31(29(34)28(25)33)22-11-8-19(17-30)9-12-22/h5-13,15-16,26,32H,4,14H2,1-3H3/b27-25-. The number of Topliss-reactive ketones (excluding diaryl/α,β-unsaturated/α-hetero) is 1. The van der Waals surface area contributed by atoms with Crippen LogP contribution in [0.25, 0.3) is 5.76 Å². The van der Waals surface area contributed by atoms with Gasteiger partial charge in [0.2, 0.25) is 0 Å². The Morgan fingerprint density at radius 2 is 1.83 bits per heavy atom. The molecule has 1 heterocycles. The molecule has 0 spiro atoms. The largest absolute Gasteiger partial charge is 0.507 e. The topological polar surface area (TPSA) is 99.9 Å². The van der Waals surface area contributed by atoms with Gasteiger partial charge in [-0.1, -0.05) is 19.1 Å². The average molecular weight is 483 g/mol. The zero-order valence-corrected chi connectivity index (χ0v) is 20.3. The third-order valence-electron chi connectivity index (χ3n) is 6.04. The average Bonchev–Trinajstić information content (AvgIpc) is 3.17. The molecule has 7 heteroatoms. The summed E-state index contributed by atoms with van der Waals surface area (Å²) in [5.41, 5.74) is 2.63. The molecule has 1 fully saturated rings. The van der Waals surface area contributed by atoms with E-state index in [0.717, 1.165) is 12.0 Å². The van der Waals surface area contributed by atoms with E-state index < -0.39 is 17.7 Å². The van der Waals surface area contributed by atoms with Crippen molar-refractivity contribution in [1.29, 1.82) is 5.26 Å². The predicted molar refractivity (Wildman–Crippen MR) is 136 cm³/mol. The van der Waals surface area contributed by atoms with Gasteiger partial charge in [-0.15, -0.1) is 0 Å². The molecule has 0 aliphatic carbocycles. The van der Waals surface area contributed by atoms with Crippen LogP contribution in [0.4, 0.5) is 5.69 Å². The van der Waals surface area contributed by atoms with E-state index in [2.05, 4.69) is 0 Å². The number of nitrogens with zero attached hydrogens (tertiary/aromatic N) is 2. The Kier molecular flexibility index (Phi) is 7.07. The normalized spacial score (nSPS) is 16.6. The number of hydrogen-bond donors (Lipinski definition) is 1. The summed E-state index contributed by atoms with van der Waals surface area (Å²) in [4.78, 5) is 28.0. The number of nitriles is 1. The van der Waals surface area contributed by atoms with E-state index in [4.69, 9.17) is 14.7 Å². The fourth-order valence-electron chi connectivity index (χ4n) is 4.25. The summed E-state index contributed by atoms with van der Waals surface area (Å²) in [5.74, 6) is -0.605. The number of benzene rings is 3. The number of aliphatic hydroxyl groups excluding tert-OH is 1. The minimum atomic E-state index is -0.899. The lowest BCUT2D eigenvalue weighted by Crippen LogP contribution is -2.29. The van der Waals surface area contributed by atoms with Crippen molar-refractivity contribution in [2.24, 2.45) is 0 Å². The van der Waals surface area contributed by atoms with Crippen molar-refractivity contribution in [1.82, 2.24) is 0 Å². The molecule has 3 aromatic rings. The molecule has 4 rings (SSSR count). The highest BCUT2D eigenvalue weighted by Gasteiger charge is 2.47. The first-order valence-electron chi connectivity index (χ1n) is 11.6. The molecular formula is C29H26N2O5. The number of carbonyl (C=O) groups excluding carboxylic acids is 2. The van der Waals surface area contributed by atoms with Crippen molar-refractivity contribution in [2.45, 2.75) is 26.3 Å². The zero-order chi connectivity index (χ0) is 25.8. The molecule has 7 nitrogen and oxygen atoms in total. The van der Waals surface area contributed by atoms with E-state index in [0.29, 0.717) is 40.5 Å². The Hall–Kier alpha value is -4.57. The van der Waals surface area contributed by atoms with Crippen molar-refractivity contribution in [3.05, 3.63) is 94.6 Å². The summed E-state index contributed by atoms with van der Waals surface area (Å²) in [6, 6.07) is 19.7. The number of anilines is 1. The van der Waals surface area contributed by atoms with Gasteiger partial charge < -0.3 is 14.6 Å². The molecule has 0 bridgehead atoms. The lowest BCUT2D eigenvalue weighted by Gasteiger charge is -2.25. The second kappa shape index (κ2) is 10.4. The Morgan fingerprint density at radius 3 is 2.47 bits per heavy atom. The molecule has 1 saturated heterocycles. The van der Waals surface area contributed by atoms with Crippen LogP contribution in [0.2, 0.25) is 0 Å². The smallest absolute Gasteiger partial charge is 0.300 e. The number of carbonyl (C=O) groups is 2. The number of ether oxygens (including phenoxy) is 2. The fraction of sp³-hybridized carbons (Fsp3) is 0.207. The maximum absolute atomic E-state index is 13.3. The summed E-state index contributed by atoms with van der Waals surface area (Å²) < 4.78 is 11.1. The van der Waals surface area contributed by atoms with Gasteiger partial charge in [0, 0.05) is 11.3 Å². The highest BCUT2D eigenvalue weighted by molar-refractivity contribution is 6.51. The third kappa shape index (κ3) is 4.53. The molecule has 1 atom stereocenters. The van der Waals surface area contributed by atoms with Crippen molar-refractivity contribution >= 4 is 23.1 Å². The van der Waals surface area contributed by atoms with Gasteiger partial charge in [0.25, 0.3) is 11.7 Å². The third-order valence-corrected chi connectivity index (χ3v) is 6.04. The van der Waals surface area contributed by atoms with Gasteiger partial charge in [-0.25, -0.2) is 0 Å². The maximum Gasteiger partial charge on any atom is 0.300 e. The molecule has 1 aliphatic rings. The SMILES string of the molecule is CCCOc1ccc(/C(O)=C2/C(=O)C(=O)N(c3ccc(C#N)cc3)C2c2cccc(OC)c2)cc1C. The van der Waals surface area contributed by atoms with Gasteiger partial charge in [-0.3, -0.25) is 14.5 Å². The molecule has 1 amide bonds. The number of ketones is 1. The Bertz CT molecular complexity index is 1390. The minimum absolute atomic E-state index is 0.0285. The highest BCUT2D eigenvalue weighted by atomic mass is 16.5. The van der Waals surface area contributed by atoms with Gasteiger partial charge >= 0.3 is 0 Å². The Morgan fingerprint density at radius 1 is 1.08 bits per heavy atom. The maximum atomic E-state index is 13.3. The number of hydrogen-bond acceptors (Lipinski definition) is 6. The van der Waals surface area contributed by atoms with Crippen LogP contribution in [0, 0.1) is 18.3 Å². The summed E-state index contributed by atoms with van der Waals surface area (Å²) in [6.07, 6.45) is 0.862. The van der Waals surface area contributed by atoms with Crippen LogP contribution in [-0.2, 0) is 9.59 Å². The summed E-state index contributed by atoms with van der Waals surface area (Å²) in [6.45, 7) is 4.44. The molecule has 1 unspecified atom stereocenters. The van der Waals surface area contributed by atoms with Crippen LogP contribution in [0.5, 0.6) is 11.5 Å². The van der Waals surface area contributed by atoms with Crippen LogP contribution < -0.4 is 14.4 Å². The van der Waals surface area contributed by atoms with Gasteiger partial charge in [0.05, 0.1) is 37.0 Å². The summed E-state index contributed by atoms with van der Waals surface area (Å²) in [7, 11) is 1.53. The zero-order valence-electron chi connectivity index (χ0n) is 20.3. The van der Waals surface area contributed by atoms with E-state index in [1.807, 2.05) is 19.9 Å². The molecule has 1 aliphatic heterocycles. The summed E-state index contributed by atoms with van der Waals surface area (Å²) >= 11 is 0. The second-order valence-corrected chi connectivity index (χ2v) is 8.43. The van der Waals surface area contributed by atoms with Crippen molar-refractivity contribution in [3.8, 4) is 17.6 Å². The number of aliphatic hydroxyl groups is 1. The van der Waals surface area contributed by atoms with E-state index in [-0.39, 0.29) is 11.3 Å². The van der Waals surface area contributed by atoms with Gasteiger partial charge in [0.1, 0.15) is 17.3 Å². The summed E-state index contributed by atoms with van der Waals surface area (Å²) in [5, 5.41) is 20.5. The van der Waals surface area contributed by atoms with E-state index >= 15 is 0 Å². The second-order valence-electron chi connectivity index (χ2n) is 8.43. The van der Waals surface area contributed by atoms with E-state index in [1.54, 1.807) is 66.7 Å². The first-order valence-corrected chi connectivity index (χ1v) is 11.6. The Balaban J connectivity index is 1.88. The van der Waals surface area contributed by atoms with Crippen LogP contribution in [-0.4, -0.2) is 30.5 Å². The van der Waals surface area contributed by atoms with Crippen molar-refractivity contribution < 1.29 is 24.2 Å². The lowest BCUT2D eigenvalue weighted by molar-refractivity contribution is -0.132. The van der Waals surface area contributed by atoms with Crippen molar-refractivity contribution in [2.75, 3.05) is 18.6 Å². The van der Waals surface area contributed by atoms with Crippen LogP contribution in [0.15, 0.2) is 72.3 Å². The molecular weight excluding hydrogens is 456 g/mol. The molecule has 182 valence electrons. The molecule has 36 heavy (non-hydrogen) atoms. The Labute approximate surface area is 209 Å². The number of rotatable bonds is 7. The molecule has 0 radical (unpaired) electrons. The van der Waals surface area contributed by atoms with Crippen LogP contribution in [0.3, 0.4) is 0 Å². The number of amides is 1.